The van der Waals surface area contributed by atoms with E-state index < -0.39 is 72.2 Å². The van der Waals surface area contributed by atoms with Crippen molar-refractivity contribution in [3.05, 3.63) is 65.7 Å². The molecule has 2 aromatic carbocycles. The van der Waals surface area contributed by atoms with Crippen molar-refractivity contribution in [3.63, 3.8) is 0 Å². The number of likely N-dealkylation sites (tertiary alicyclic amines) is 2. The van der Waals surface area contributed by atoms with E-state index in [1.165, 1.54) is 35.7 Å². The van der Waals surface area contributed by atoms with Crippen LogP contribution < -0.4 is 21.7 Å². The summed E-state index contributed by atoms with van der Waals surface area (Å²) in [7, 11) is 6.25. The third-order valence-electron chi connectivity index (χ3n) is 19.8. The number of nitrogens with one attached hydrogen (secondary N) is 3. The lowest BCUT2D eigenvalue weighted by molar-refractivity contribution is -0.149. The number of methoxy groups -OCH3 is 2. The molecule has 2 heterocycles. The number of likely N-dealkylation sites (N-methyl/N-ethyl adjacent to an activating group) is 2. The average Bonchev–Trinajstić information content (AvgIpc) is 1.80. The number of benzene rings is 2. The van der Waals surface area contributed by atoms with Gasteiger partial charge in [0.1, 0.15) is 12.4 Å². The first-order valence-corrected chi connectivity index (χ1v) is 37.0. The van der Waals surface area contributed by atoms with Gasteiger partial charge in [-0.15, -0.1) is 11.8 Å². The quantitative estimate of drug-likeness (QED) is 0.0304. The summed E-state index contributed by atoms with van der Waals surface area (Å²) in [6.07, 6.45) is 3.24. The van der Waals surface area contributed by atoms with Crippen LogP contribution in [-0.4, -0.2) is 185 Å². The van der Waals surface area contributed by atoms with E-state index in [0.29, 0.717) is 69.3 Å². The van der Waals surface area contributed by atoms with E-state index in [1.54, 1.807) is 62.1 Å². The van der Waals surface area contributed by atoms with E-state index in [9.17, 15) is 57.8 Å². The lowest BCUT2D eigenvalue weighted by Crippen LogP contribution is -2.54. The Bertz CT molecular complexity index is 2950. The lowest BCUT2D eigenvalue weighted by atomic mass is 9.83. The van der Waals surface area contributed by atoms with Crippen LogP contribution in [0.15, 0.2) is 54.6 Å². The van der Waals surface area contributed by atoms with Gasteiger partial charge < -0.3 is 55.7 Å². The van der Waals surface area contributed by atoms with Crippen molar-refractivity contribution in [3.8, 4) is 0 Å². The summed E-state index contributed by atoms with van der Waals surface area (Å²) < 4.78 is 17.9. The third-order valence-corrected chi connectivity index (χ3v) is 21.1. The van der Waals surface area contributed by atoms with Gasteiger partial charge in [0.15, 0.2) is 11.6 Å². The van der Waals surface area contributed by atoms with Crippen LogP contribution in [0.25, 0.3) is 0 Å². The van der Waals surface area contributed by atoms with Crippen LogP contribution in [0, 0.1) is 47.3 Å². The summed E-state index contributed by atoms with van der Waals surface area (Å²) in [6.45, 7) is 21.5. The Balaban J connectivity index is 1.36. The van der Waals surface area contributed by atoms with E-state index >= 15 is 0 Å². The smallest absolute Gasteiger partial charge is 0.410 e. The van der Waals surface area contributed by atoms with Gasteiger partial charge in [0.25, 0.3) is 0 Å². The highest BCUT2D eigenvalue weighted by atomic mass is 32.2. The third kappa shape index (κ3) is 25.7. The number of rotatable bonds is 45. The van der Waals surface area contributed by atoms with E-state index in [2.05, 4.69) is 22.9 Å². The van der Waals surface area contributed by atoms with E-state index in [0.717, 1.165) is 24.2 Å². The fourth-order valence-corrected chi connectivity index (χ4v) is 15.0. The first kappa shape index (κ1) is 84.7. The maximum atomic E-state index is 14.9. The normalized spacial score (nSPS) is 18.2. The van der Waals surface area contributed by atoms with Crippen molar-refractivity contribution in [1.82, 2.24) is 30.2 Å². The van der Waals surface area contributed by atoms with Crippen LogP contribution in [-0.2, 0) is 64.0 Å². The fourth-order valence-electron chi connectivity index (χ4n) is 13.7. The number of carbonyl (C=O) groups is 11. The summed E-state index contributed by atoms with van der Waals surface area (Å²) in [5, 5.41) is 19.0. The van der Waals surface area contributed by atoms with Crippen molar-refractivity contribution in [2.75, 3.05) is 59.0 Å². The van der Waals surface area contributed by atoms with Gasteiger partial charge in [-0.05, 0) is 104 Å². The molecule has 0 bridgehead atoms. The molecule has 2 saturated heterocycles. The zero-order valence-corrected chi connectivity index (χ0v) is 62.5. The van der Waals surface area contributed by atoms with E-state index in [-0.39, 0.29) is 146 Å². The Morgan fingerprint density at radius 1 is 0.747 bits per heavy atom. The van der Waals surface area contributed by atoms with Crippen LogP contribution in [0.2, 0.25) is 0 Å². The molecule has 0 saturated carbocycles. The zero-order chi connectivity index (χ0) is 73.8. The Labute approximate surface area is 593 Å². The number of aliphatic hydroxyl groups is 1. The standard InChI is InChI=1S/C75H118N8O15S/c1-16-18-39-99-62-44-65(89)83(73(62)93)37-24-20-23-31-63(87)79-66(47(5)6)59(85)41-54(29-25-36-77-74(76)94)71(91)78-55-34-32-52(33-35-55)45-98-75(95)81(13)67(48(7)8)60(86)42-56(46(3)4)72(92)80(12)68(49(9)17-2)61(96-14)43-64(88)82-38-26-30-57(82)70(97-15)51(11)58(84)40-50(10)69(90)53-27-21-19-22-28-53/h19,21-22,27-28,32-35,46-51,54,56-57,61-62,66-70,90H,16-18,20,23-26,29-31,36-45H2,1-15H3,(H,78,91)(H,79,87)(H3,76,77,94)/t49-,50-,51-,54+,56-,57-,61+,62?,66-,67-,68-,69+,70+/m0/s1. The molecule has 0 radical (unpaired) electrons. The second kappa shape index (κ2) is 42.5. The second-order valence-electron chi connectivity index (χ2n) is 28.4. The number of nitrogens with two attached hydrogens (primary N) is 1. The SMILES string of the molecule is CCCCSC1CC(=O)N(CCCCCC(=O)N[C@H](C(=O)C[C@@H](CCCNC(N)=O)C(=O)Nc2ccc(COC(=O)N(C)[C@H](C(=O)C[C@H](C(=O)N(C)[C@@H]([C@@H](C)CC)[C@@H](CC(=O)N3CCC[C@H]3[C@H](OC)[C@@H](C)C(=O)C[C@H](C)[C@@H](O)c3ccccc3)OC)C(C)C)C(C)C)cc2)C(C)C)C1=O. The maximum absolute atomic E-state index is 14.9. The minimum Gasteiger partial charge on any atom is -0.445 e. The molecule has 0 spiro atoms. The van der Waals surface area contributed by atoms with Gasteiger partial charge in [-0.25, -0.2) is 9.59 Å². The molecular formula is C75H118N8O15S. The summed E-state index contributed by atoms with van der Waals surface area (Å²) >= 11 is 1.53. The molecule has 13 atom stereocenters. The predicted molar refractivity (Wildman–Crippen MR) is 384 cm³/mol. The molecule has 6 N–H and O–H groups in total. The molecule has 2 fully saturated rings. The van der Waals surface area contributed by atoms with Gasteiger partial charge in [0, 0.05) is 103 Å². The molecular weight excluding hydrogens is 1280 g/mol. The number of unbranched alkanes of at least 4 members (excludes halogenated alkanes) is 3. The highest BCUT2D eigenvalue weighted by molar-refractivity contribution is 8.00. The molecule has 0 aliphatic carbocycles. The number of Topliss-reactive ketones (excluding diaryl/α,β-unsaturated/α-hetero) is 3. The van der Waals surface area contributed by atoms with Crippen LogP contribution >= 0.6 is 11.8 Å². The molecule has 554 valence electrons. The Morgan fingerprint density at radius 3 is 2.02 bits per heavy atom. The van der Waals surface area contributed by atoms with Gasteiger partial charge in [0.05, 0.1) is 54.2 Å². The minimum absolute atomic E-state index is 0.0537. The van der Waals surface area contributed by atoms with Gasteiger partial charge in [-0.3, -0.25) is 48.1 Å². The molecule has 4 rings (SSSR count). The minimum atomic E-state index is -0.966. The van der Waals surface area contributed by atoms with Crippen LogP contribution in [0.5, 0.6) is 0 Å². The summed E-state index contributed by atoms with van der Waals surface area (Å²) in [5.74, 6) is -5.22. The largest absolute Gasteiger partial charge is 0.445 e. The molecule has 2 aliphatic rings. The number of aliphatic hydroxyl groups excluding tert-OH is 1. The highest BCUT2D eigenvalue weighted by Gasteiger charge is 2.45. The number of hydrogen-bond donors (Lipinski definition) is 5. The number of anilines is 1. The molecule has 1 unspecified atom stereocenters. The topological polar surface area (TPSA) is 311 Å². The molecule has 0 aromatic heterocycles. The molecule has 24 heteroatoms. The Hall–Kier alpha value is -6.76. The van der Waals surface area contributed by atoms with Gasteiger partial charge in [-0.1, -0.05) is 138 Å². The van der Waals surface area contributed by atoms with E-state index in [4.69, 9.17) is 19.9 Å². The number of nitrogens with zero attached hydrogens (tertiary/aromatic N) is 4. The van der Waals surface area contributed by atoms with Gasteiger partial charge in [0.2, 0.25) is 35.4 Å². The predicted octanol–water partition coefficient (Wildman–Crippen LogP) is 10.1. The fraction of sp³-hybridized carbons (Fsp3) is 0.693. The van der Waals surface area contributed by atoms with Crippen molar-refractivity contribution in [2.45, 2.75) is 233 Å². The van der Waals surface area contributed by atoms with Crippen LogP contribution in [0.1, 0.15) is 196 Å². The first-order valence-electron chi connectivity index (χ1n) is 35.9. The number of amides is 9. The zero-order valence-electron chi connectivity index (χ0n) is 61.7. The monoisotopic (exact) mass is 1400 g/mol. The number of ketones is 3. The molecule has 9 amide bonds. The van der Waals surface area contributed by atoms with Crippen molar-refractivity contribution in [1.29, 1.82) is 0 Å². The number of thioether (sulfide) groups is 1. The van der Waals surface area contributed by atoms with Gasteiger partial charge in [-0.2, -0.15) is 0 Å². The van der Waals surface area contributed by atoms with Crippen LogP contribution in [0.4, 0.5) is 15.3 Å². The highest BCUT2D eigenvalue weighted by Crippen LogP contribution is 2.34. The lowest BCUT2D eigenvalue weighted by Gasteiger charge is -2.41. The van der Waals surface area contributed by atoms with Crippen molar-refractivity contribution in [2.24, 2.45) is 53.1 Å². The Kier molecular flexibility index (Phi) is 36.3. The number of urea groups is 1. The van der Waals surface area contributed by atoms with Crippen molar-refractivity contribution >= 4 is 82.4 Å². The number of ether oxygens (including phenoxy) is 3. The number of imide groups is 1. The van der Waals surface area contributed by atoms with E-state index in [1.807, 2.05) is 85.7 Å². The first-order chi connectivity index (χ1) is 46.9. The van der Waals surface area contributed by atoms with Crippen LogP contribution in [0.3, 0.4) is 0 Å². The molecule has 2 aromatic rings. The summed E-state index contributed by atoms with van der Waals surface area (Å²) in [5.41, 5.74) is 6.97. The summed E-state index contributed by atoms with van der Waals surface area (Å²) in [6, 6.07) is 12.2. The number of hydrogen-bond acceptors (Lipinski definition) is 16. The van der Waals surface area contributed by atoms with Crippen molar-refractivity contribution < 1.29 is 72.1 Å². The molecule has 23 nitrogen and oxygen atoms in total. The molecule has 2 aliphatic heterocycles. The number of carbonyl (C=O) groups excluding carboxylic acids is 11. The summed E-state index contributed by atoms with van der Waals surface area (Å²) in [4.78, 5) is 156. The molecule has 99 heavy (non-hydrogen) atoms. The second-order valence-corrected chi connectivity index (χ2v) is 29.7. The number of primary amides is 1. The maximum Gasteiger partial charge on any atom is 0.410 e. The Morgan fingerprint density at radius 2 is 1.42 bits per heavy atom. The average molecular weight is 1400 g/mol. The van der Waals surface area contributed by atoms with Gasteiger partial charge >= 0.3 is 12.1 Å².